The van der Waals surface area contributed by atoms with Gasteiger partial charge in [-0.3, -0.25) is 0 Å². The molecule has 0 spiro atoms. The first kappa shape index (κ1) is 25.4. The number of phenols is 1. The lowest BCUT2D eigenvalue weighted by Gasteiger charge is -2.29. The van der Waals surface area contributed by atoms with Crippen molar-refractivity contribution in [1.82, 2.24) is 0 Å². The number of rotatable bonds is 16. The maximum atomic E-state index is 10.3. The van der Waals surface area contributed by atoms with Crippen LogP contribution >= 0.6 is 7.26 Å². The fourth-order valence-electron chi connectivity index (χ4n) is 3.53. The molecular weight excluding hydrogens is 387 g/mol. The van der Waals surface area contributed by atoms with Gasteiger partial charge in [0.2, 0.25) is 0 Å². The van der Waals surface area contributed by atoms with E-state index in [1.165, 1.54) is 62.3 Å². The number of hydrogen-bond acceptors (Lipinski definition) is 4. The van der Waals surface area contributed by atoms with Gasteiger partial charge in [0.05, 0.1) is 32.0 Å². The summed E-state index contributed by atoms with van der Waals surface area (Å²) >= 11 is 0. The fourth-order valence-corrected chi connectivity index (χ4v) is 9.41. The Balaban J connectivity index is 3.18. The second kappa shape index (κ2) is 14.4. The molecule has 1 rings (SSSR count). The third-order valence-corrected chi connectivity index (χ3v) is 11.2. The molecule has 0 saturated heterocycles. The van der Waals surface area contributed by atoms with Gasteiger partial charge < -0.3 is 19.3 Å². The Morgan fingerprint density at radius 2 is 1.46 bits per heavy atom. The predicted molar refractivity (Wildman–Crippen MR) is 123 cm³/mol. The van der Waals surface area contributed by atoms with Crippen molar-refractivity contribution < 1.29 is 19.3 Å². The molecule has 0 atom stereocenters. The summed E-state index contributed by atoms with van der Waals surface area (Å²) in [5.74, 6) is 1.08. The van der Waals surface area contributed by atoms with Crippen LogP contribution in [0.1, 0.15) is 59.3 Å². The van der Waals surface area contributed by atoms with E-state index in [9.17, 15) is 5.11 Å². The van der Waals surface area contributed by atoms with Crippen LogP contribution in [0.4, 0.5) is 0 Å². The topological polar surface area (TPSA) is 47.9 Å². The second-order valence-electron chi connectivity index (χ2n) is 7.32. The van der Waals surface area contributed by atoms with Crippen LogP contribution in [0.25, 0.3) is 0 Å². The van der Waals surface area contributed by atoms with Crippen LogP contribution in [0.3, 0.4) is 0 Å². The number of phenolic OH excluding ortho intramolecular Hbond substituents is 1. The molecule has 4 nitrogen and oxygen atoms in total. The Morgan fingerprint density at radius 1 is 0.929 bits per heavy atom. The molecule has 0 aromatic heterocycles. The van der Waals surface area contributed by atoms with Crippen LogP contribution in [0.5, 0.6) is 11.5 Å². The molecule has 160 valence electrons. The Morgan fingerprint density at radius 3 is 1.93 bits per heavy atom. The minimum atomic E-state index is -1.38. The van der Waals surface area contributed by atoms with E-state index >= 15 is 0 Å². The van der Waals surface area contributed by atoms with Crippen molar-refractivity contribution in [3.8, 4) is 11.5 Å². The van der Waals surface area contributed by atoms with Gasteiger partial charge in [0.1, 0.15) is 17.0 Å². The molecule has 0 heterocycles. The highest BCUT2D eigenvalue weighted by atomic mass is 31.2. The summed E-state index contributed by atoms with van der Waals surface area (Å²) in [6.45, 7) is 6.81. The van der Waals surface area contributed by atoms with Crippen LogP contribution in [-0.2, 0) is 9.47 Å². The molecule has 1 N–H and O–H groups in total. The number of aromatic hydroxyl groups is 1. The smallest absolute Gasteiger partial charge is 0.166 e. The van der Waals surface area contributed by atoms with Gasteiger partial charge in [-0.2, -0.15) is 0 Å². The van der Waals surface area contributed by atoms with Crippen molar-refractivity contribution >= 4 is 22.1 Å². The first-order valence-corrected chi connectivity index (χ1v) is 14.3. The Hall–Kier alpha value is -0.613. The highest BCUT2D eigenvalue weighted by Gasteiger charge is 2.41. The van der Waals surface area contributed by atoms with Crippen LogP contribution in [0.2, 0.25) is 0 Å². The molecule has 0 unspecified atom stereocenters. The van der Waals surface area contributed by atoms with Crippen molar-refractivity contribution in [2.75, 3.05) is 38.9 Å². The lowest BCUT2D eigenvalue weighted by Crippen LogP contribution is -2.28. The second-order valence-corrected chi connectivity index (χ2v) is 12.6. The molecule has 2 radical (unpaired) electrons. The van der Waals surface area contributed by atoms with Gasteiger partial charge in [-0.05, 0) is 31.4 Å². The third kappa shape index (κ3) is 8.02. The van der Waals surface area contributed by atoms with Gasteiger partial charge in [0.25, 0.3) is 0 Å². The SMILES string of the molecule is CCCC[P+](CCCC)(CCCC)c1cc(O)ccc1OC[Si]C(OC)OC. The molecule has 0 saturated carbocycles. The monoisotopic (exact) mass is 427 g/mol. The first-order valence-electron chi connectivity index (χ1n) is 10.7. The van der Waals surface area contributed by atoms with Crippen molar-refractivity contribution in [2.24, 2.45) is 0 Å². The van der Waals surface area contributed by atoms with Crippen molar-refractivity contribution in [3.05, 3.63) is 18.2 Å². The summed E-state index contributed by atoms with van der Waals surface area (Å²) in [6, 6.07) is 5.71. The maximum Gasteiger partial charge on any atom is 0.166 e. The number of unbranched alkanes of at least 4 members (excludes halogenated alkanes) is 3. The van der Waals surface area contributed by atoms with Gasteiger partial charge in [0.15, 0.2) is 15.3 Å². The van der Waals surface area contributed by atoms with E-state index in [1.54, 1.807) is 20.3 Å². The van der Waals surface area contributed by atoms with E-state index in [-0.39, 0.29) is 5.91 Å². The summed E-state index contributed by atoms with van der Waals surface area (Å²) in [6.07, 6.45) is 11.7. The maximum absolute atomic E-state index is 10.3. The quantitative estimate of drug-likeness (QED) is 0.228. The van der Waals surface area contributed by atoms with E-state index < -0.39 is 7.26 Å². The molecule has 6 heteroatoms. The molecule has 0 bridgehead atoms. The molecule has 1 aromatic carbocycles. The van der Waals surface area contributed by atoms with E-state index in [2.05, 4.69) is 20.8 Å². The van der Waals surface area contributed by atoms with Gasteiger partial charge >= 0.3 is 0 Å². The minimum Gasteiger partial charge on any atom is -0.508 e. The molecular formula is C22H40O4PSi+. The fraction of sp³-hybridized carbons (Fsp3) is 0.727. The van der Waals surface area contributed by atoms with E-state index in [1.807, 2.05) is 12.1 Å². The van der Waals surface area contributed by atoms with Gasteiger partial charge in [-0.1, -0.05) is 40.0 Å². The number of ether oxygens (including phenoxy) is 3. The zero-order valence-electron chi connectivity index (χ0n) is 18.5. The Kier molecular flexibility index (Phi) is 13.1. The standard InChI is InChI=1S/C22H39O4PSi/c1-6-9-14-27(15-10-7-2,16-11-8-3)21-17-19(23)12-13-20(21)26-18-28-22(24-4)25-5/h12-13,17,22H,6-11,14-16,18H2,1-5H3/p+1. The normalized spacial score (nSPS) is 11.9. The van der Waals surface area contributed by atoms with Gasteiger partial charge in [0, 0.05) is 20.3 Å². The summed E-state index contributed by atoms with van der Waals surface area (Å²) < 4.78 is 16.8. The molecule has 0 aliphatic heterocycles. The number of methoxy groups -OCH3 is 2. The lowest BCUT2D eigenvalue weighted by atomic mass is 10.3. The van der Waals surface area contributed by atoms with Crippen LogP contribution in [-0.4, -0.2) is 59.5 Å². The Labute approximate surface area is 175 Å². The van der Waals surface area contributed by atoms with Crippen LogP contribution < -0.4 is 10.0 Å². The average molecular weight is 428 g/mol. The molecule has 0 fully saturated rings. The summed E-state index contributed by atoms with van der Waals surface area (Å²) in [4.78, 5) is 0. The van der Waals surface area contributed by atoms with Crippen molar-refractivity contribution in [3.63, 3.8) is 0 Å². The van der Waals surface area contributed by atoms with E-state index in [4.69, 9.17) is 14.2 Å². The minimum absolute atomic E-state index is 0.222. The largest absolute Gasteiger partial charge is 0.508 e. The molecule has 28 heavy (non-hydrogen) atoms. The Bertz CT molecular complexity index is 515. The zero-order chi connectivity index (χ0) is 20.8. The van der Waals surface area contributed by atoms with Gasteiger partial charge in [-0.15, -0.1) is 0 Å². The average Bonchev–Trinajstić information content (AvgIpc) is 2.72. The van der Waals surface area contributed by atoms with E-state index in [0.29, 0.717) is 21.5 Å². The van der Waals surface area contributed by atoms with Gasteiger partial charge in [-0.25, -0.2) is 0 Å². The number of benzene rings is 1. The summed E-state index contributed by atoms with van der Waals surface area (Å²) in [7, 11) is 2.34. The van der Waals surface area contributed by atoms with Crippen LogP contribution in [0, 0.1) is 0 Å². The zero-order valence-corrected chi connectivity index (χ0v) is 20.4. The van der Waals surface area contributed by atoms with Crippen LogP contribution in [0.15, 0.2) is 18.2 Å². The summed E-state index contributed by atoms with van der Waals surface area (Å²) in [5.41, 5.74) is 0. The van der Waals surface area contributed by atoms with Crippen molar-refractivity contribution in [2.45, 2.75) is 65.2 Å². The van der Waals surface area contributed by atoms with E-state index in [0.717, 1.165) is 5.75 Å². The first-order chi connectivity index (χ1) is 13.6. The molecule has 0 aliphatic rings. The molecule has 1 aromatic rings. The third-order valence-electron chi connectivity index (χ3n) is 5.18. The summed E-state index contributed by atoms with van der Waals surface area (Å²) in [5, 5.41) is 11.6. The molecule has 0 amide bonds. The predicted octanol–water partition coefficient (Wildman–Crippen LogP) is 5.05. The molecule has 0 aliphatic carbocycles. The number of hydrogen-bond donors (Lipinski definition) is 1. The highest BCUT2D eigenvalue weighted by Crippen LogP contribution is 2.61. The highest BCUT2D eigenvalue weighted by molar-refractivity contribution is 7.83. The lowest BCUT2D eigenvalue weighted by molar-refractivity contribution is -0.0450. The van der Waals surface area contributed by atoms with Crippen molar-refractivity contribution in [1.29, 1.82) is 0 Å².